The highest BCUT2D eigenvalue weighted by atomic mass is 79.9. The third-order valence-electron chi connectivity index (χ3n) is 4.45. The van der Waals surface area contributed by atoms with Crippen molar-refractivity contribution < 1.29 is 9.59 Å². The number of halogens is 1. The standard InChI is InChI=1S/C21H26BrN3O2/c1-5-21(2,3)24-19(26)15-10-12-17(13-11-15)23-20(27)25(4)14-16-8-6-7-9-18(16)22/h6-13H,5,14H2,1-4H3,(H,23,27)(H,24,26). The minimum atomic E-state index is -0.252. The van der Waals surface area contributed by atoms with Gasteiger partial charge in [-0.05, 0) is 56.2 Å². The van der Waals surface area contributed by atoms with Gasteiger partial charge in [-0.3, -0.25) is 4.79 Å². The molecule has 0 aliphatic rings. The summed E-state index contributed by atoms with van der Waals surface area (Å²) in [5, 5.41) is 5.84. The van der Waals surface area contributed by atoms with Crippen molar-refractivity contribution in [2.75, 3.05) is 12.4 Å². The van der Waals surface area contributed by atoms with Gasteiger partial charge in [0.1, 0.15) is 0 Å². The van der Waals surface area contributed by atoms with Gasteiger partial charge in [0.2, 0.25) is 0 Å². The van der Waals surface area contributed by atoms with Gasteiger partial charge in [-0.1, -0.05) is 41.1 Å². The quantitative estimate of drug-likeness (QED) is 0.673. The maximum Gasteiger partial charge on any atom is 0.321 e. The Kier molecular flexibility index (Phi) is 7.02. The first-order valence-corrected chi connectivity index (χ1v) is 9.69. The second-order valence-electron chi connectivity index (χ2n) is 7.15. The Bertz CT molecular complexity index is 803. The number of benzene rings is 2. The van der Waals surface area contributed by atoms with E-state index in [4.69, 9.17) is 0 Å². The number of urea groups is 1. The van der Waals surface area contributed by atoms with Gasteiger partial charge in [0.25, 0.3) is 5.91 Å². The van der Waals surface area contributed by atoms with Gasteiger partial charge in [-0.25, -0.2) is 4.79 Å². The van der Waals surface area contributed by atoms with E-state index < -0.39 is 0 Å². The molecule has 0 aliphatic carbocycles. The molecule has 0 fully saturated rings. The molecule has 0 aliphatic heterocycles. The Morgan fingerprint density at radius 1 is 1.07 bits per heavy atom. The molecule has 0 spiro atoms. The zero-order chi connectivity index (χ0) is 20.0. The topological polar surface area (TPSA) is 61.4 Å². The summed E-state index contributed by atoms with van der Waals surface area (Å²) in [4.78, 5) is 26.3. The van der Waals surface area contributed by atoms with E-state index in [1.807, 2.05) is 45.0 Å². The molecule has 0 radical (unpaired) electrons. The summed E-state index contributed by atoms with van der Waals surface area (Å²) in [7, 11) is 1.74. The van der Waals surface area contributed by atoms with E-state index >= 15 is 0 Å². The first kappa shape index (κ1) is 21.0. The number of carbonyl (C=O) groups excluding carboxylic acids is 2. The van der Waals surface area contributed by atoms with Crippen molar-refractivity contribution in [3.8, 4) is 0 Å². The normalized spacial score (nSPS) is 11.0. The van der Waals surface area contributed by atoms with Gasteiger partial charge >= 0.3 is 6.03 Å². The lowest BCUT2D eigenvalue weighted by Gasteiger charge is -2.24. The lowest BCUT2D eigenvalue weighted by Crippen LogP contribution is -2.42. The largest absolute Gasteiger partial charge is 0.347 e. The van der Waals surface area contributed by atoms with Gasteiger partial charge in [-0.15, -0.1) is 0 Å². The van der Waals surface area contributed by atoms with Crippen LogP contribution in [-0.2, 0) is 6.54 Å². The van der Waals surface area contributed by atoms with Crippen LogP contribution in [0, 0.1) is 0 Å². The third-order valence-corrected chi connectivity index (χ3v) is 5.22. The number of anilines is 1. The fourth-order valence-corrected chi connectivity index (χ4v) is 2.76. The Balaban J connectivity index is 1.96. The average molecular weight is 432 g/mol. The molecular formula is C21H26BrN3O2. The average Bonchev–Trinajstić information content (AvgIpc) is 2.63. The molecule has 6 heteroatoms. The molecule has 0 saturated carbocycles. The molecule has 0 saturated heterocycles. The van der Waals surface area contributed by atoms with E-state index in [-0.39, 0.29) is 17.5 Å². The fourth-order valence-electron chi connectivity index (χ4n) is 2.35. The van der Waals surface area contributed by atoms with Crippen LogP contribution in [0.2, 0.25) is 0 Å². The van der Waals surface area contributed by atoms with Gasteiger partial charge in [-0.2, -0.15) is 0 Å². The van der Waals surface area contributed by atoms with Crippen LogP contribution in [-0.4, -0.2) is 29.4 Å². The molecule has 3 amide bonds. The molecule has 0 bridgehead atoms. The predicted molar refractivity (Wildman–Crippen MR) is 113 cm³/mol. The summed E-state index contributed by atoms with van der Waals surface area (Å²) in [6.45, 7) is 6.49. The number of nitrogens with one attached hydrogen (secondary N) is 2. The zero-order valence-corrected chi connectivity index (χ0v) is 17.8. The van der Waals surface area contributed by atoms with Crippen LogP contribution in [0.25, 0.3) is 0 Å². The van der Waals surface area contributed by atoms with Crippen LogP contribution in [0.3, 0.4) is 0 Å². The lowest BCUT2D eigenvalue weighted by atomic mass is 10.0. The van der Waals surface area contributed by atoms with Crippen LogP contribution in [0.4, 0.5) is 10.5 Å². The molecule has 5 nitrogen and oxygen atoms in total. The minimum Gasteiger partial charge on any atom is -0.347 e. The number of carbonyl (C=O) groups is 2. The molecular weight excluding hydrogens is 406 g/mol. The molecule has 2 N–H and O–H groups in total. The number of rotatable bonds is 6. The summed E-state index contributed by atoms with van der Waals surface area (Å²) in [5.41, 5.74) is 1.99. The summed E-state index contributed by atoms with van der Waals surface area (Å²) < 4.78 is 0.968. The molecule has 27 heavy (non-hydrogen) atoms. The summed E-state index contributed by atoms with van der Waals surface area (Å²) >= 11 is 3.49. The van der Waals surface area contributed by atoms with E-state index in [0.29, 0.717) is 17.8 Å². The van der Waals surface area contributed by atoms with E-state index in [2.05, 4.69) is 26.6 Å². The highest BCUT2D eigenvalue weighted by molar-refractivity contribution is 9.10. The molecule has 2 aromatic rings. The molecule has 144 valence electrons. The van der Waals surface area contributed by atoms with E-state index in [0.717, 1.165) is 16.5 Å². The molecule has 0 heterocycles. The maximum atomic E-state index is 12.4. The predicted octanol–water partition coefficient (Wildman–Crippen LogP) is 5.03. The molecule has 0 aromatic heterocycles. The second kappa shape index (κ2) is 9.04. The van der Waals surface area contributed by atoms with Crippen LogP contribution in [0.1, 0.15) is 43.1 Å². The molecule has 2 aromatic carbocycles. The monoisotopic (exact) mass is 431 g/mol. The summed E-state index contributed by atoms with van der Waals surface area (Å²) in [5.74, 6) is -0.120. The SMILES string of the molecule is CCC(C)(C)NC(=O)c1ccc(NC(=O)N(C)Cc2ccccc2Br)cc1. The highest BCUT2D eigenvalue weighted by Gasteiger charge is 2.19. The number of hydrogen-bond donors (Lipinski definition) is 2. The van der Waals surface area contributed by atoms with Crippen molar-refractivity contribution in [1.82, 2.24) is 10.2 Å². The van der Waals surface area contributed by atoms with Crippen molar-refractivity contribution in [3.63, 3.8) is 0 Å². The molecule has 0 atom stereocenters. The van der Waals surface area contributed by atoms with Gasteiger partial charge < -0.3 is 15.5 Å². The molecule has 2 rings (SSSR count). The van der Waals surface area contributed by atoms with Crippen molar-refractivity contribution in [2.45, 2.75) is 39.3 Å². The minimum absolute atomic E-state index is 0.120. The lowest BCUT2D eigenvalue weighted by molar-refractivity contribution is 0.0911. The highest BCUT2D eigenvalue weighted by Crippen LogP contribution is 2.18. The number of amides is 3. The summed E-state index contributed by atoms with van der Waals surface area (Å²) in [6, 6.07) is 14.5. The van der Waals surface area contributed by atoms with Crippen LogP contribution < -0.4 is 10.6 Å². The van der Waals surface area contributed by atoms with E-state index in [1.165, 1.54) is 0 Å². The van der Waals surface area contributed by atoms with E-state index in [1.54, 1.807) is 36.2 Å². The van der Waals surface area contributed by atoms with Crippen LogP contribution >= 0.6 is 15.9 Å². The Morgan fingerprint density at radius 2 is 1.70 bits per heavy atom. The maximum absolute atomic E-state index is 12.4. The van der Waals surface area contributed by atoms with Crippen LogP contribution in [0.5, 0.6) is 0 Å². The van der Waals surface area contributed by atoms with Gasteiger partial charge in [0.15, 0.2) is 0 Å². The Hall–Kier alpha value is -2.34. The number of hydrogen-bond acceptors (Lipinski definition) is 2. The fraction of sp³-hybridized carbons (Fsp3) is 0.333. The Labute approximate surface area is 169 Å². The second-order valence-corrected chi connectivity index (χ2v) is 8.00. The summed E-state index contributed by atoms with van der Waals surface area (Å²) in [6.07, 6.45) is 0.844. The van der Waals surface area contributed by atoms with Crippen LogP contribution in [0.15, 0.2) is 53.0 Å². The third kappa shape index (κ3) is 6.10. The van der Waals surface area contributed by atoms with Gasteiger partial charge in [0, 0.05) is 34.9 Å². The first-order valence-electron chi connectivity index (χ1n) is 8.90. The van der Waals surface area contributed by atoms with Crippen molar-refractivity contribution in [1.29, 1.82) is 0 Å². The van der Waals surface area contributed by atoms with Crippen molar-refractivity contribution in [2.24, 2.45) is 0 Å². The van der Waals surface area contributed by atoms with Crippen molar-refractivity contribution >= 4 is 33.6 Å². The van der Waals surface area contributed by atoms with Gasteiger partial charge in [0.05, 0.1) is 0 Å². The van der Waals surface area contributed by atoms with Crippen molar-refractivity contribution in [3.05, 3.63) is 64.1 Å². The first-order chi connectivity index (χ1) is 12.7. The smallest absolute Gasteiger partial charge is 0.321 e. The zero-order valence-electron chi connectivity index (χ0n) is 16.2. The van der Waals surface area contributed by atoms with E-state index in [9.17, 15) is 9.59 Å². The molecule has 0 unspecified atom stereocenters. The Morgan fingerprint density at radius 3 is 2.30 bits per heavy atom. The number of nitrogens with zero attached hydrogens (tertiary/aromatic N) is 1.